The standard InChI is InChI=1S/C10H9ClF3NO/c1-15-5-9(16)6-2-3-8(11)7(4-6)10(12,13)14/h2-4,15H,5H2,1H3. The largest absolute Gasteiger partial charge is 0.417 e. The molecule has 1 N–H and O–H groups in total. The Hall–Kier alpha value is -1.07. The molecule has 6 heteroatoms. The summed E-state index contributed by atoms with van der Waals surface area (Å²) in [5.41, 5.74) is -0.998. The van der Waals surface area contributed by atoms with Crippen molar-refractivity contribution in [2.75, 3.05) is 13.6 Å². The minimum absolute atomic E-state index is 0.00826. The summed E-state index contributed by atoms with van der Waals surface area (Å²) in [5, 5.41) is 2.17. The van der Waals surface area contributed by atoms with E-state index >= 15 is 0 Å². The number of ketones is 1. The molecule has 0 fully saturated rings. The van der Waals surface area contributed by atoms with Gasteiger partial charge in [0.2, 0.25) is 0 Å². The van der Waals surface area contributed by atoms with E-state index in [-0.39, 0.29) is 12.1 Å². The molecule has 0 aliphatic carbocycles. The van der Waals surface area contributed by atoms with Crippen LogP contribution in [0.2, 0.25) is 5.02 Å². The van der Waals surface area contributed by atoms with Crippen LogP contribution in [0.15, 0.2) is 18.2 Å². The van der Waals surface area contributed by atoms with Crippen LogP contribution in [0.4, 0.5) is 13.2 Å². The van der Waals surface area contributed by atoms with E-state index in [1.165, 1.54) is 6.07 Å². The van der Waals surface area contributed by atoms with Crippen molar-refractivity contribution in [3.8, 4) is 0 Å². The molecule has 0 aliphatic heterocycles. The maximum atomic E-state index is 12.5. The predicted molar refractivity (Wildman–Crippen MR) is 54.7 cm³/mol. The minimum atomic E-state index is -4.55. The van der Waals surface area contributed by atoms with Crippen LogP contribution in [0.3, 0.4) is 0 Å². The van der Waals surface area contributed by atoms with Crippen LogP contribution in [0.25, 0.3) is 0 Å². The first-order valence-corrected chi connectivity index (χ1v) is 4.78. The first kappa shape index (κ1) is 13.0. The van der Waals surface area contributed by atoms with Crippen molar-refractivity contribution >= 4 is 17.4 Å². The average molecular weight is 252 g/mol. The van der Waals surface area contributed by atoms with Gasteiger partial charge in [0.15, 0.2) is 5.78 Å². The number of nitrogens with one attached hydrogen (secondary N) is 1. The molecule has 0 unspecified atom stereocenters. The fourth-order valence-corrected chi connectivity index (χ4v) is 1.40. The van der Waals surface area contributed by atoms with E-state index in [9.17, 15) is 18.0 Å². The maximum Gasteiger partial charge on any atom is 0.417 e. The predicted octanol–water partition coefficient (Wildman–Crippen LogP) is 2.76. The highest BCUT2D eigenvalue weighted by atomic mass is 35.5. The molecule has 88 valence electrons. The van der Waals surface area contributed by atoms with Gasteiger partial charge < -0.3 is 5.32 Å². The van der Waals surface area contributed by atoms with Gasteiger partial charge in [0, 0.05) is 5.56 Å². The second-order valence-corrected chi connectivity index (χ2v) is 3.55. The van der Waals surface area contributed by atoms with E-state index < -0.39 is 22.5 Å². The molecule has 0 aromatic heterocycles. The fraction of sp³-hybridized carbons (Fsp3) is 0.300. The fourth-order valence-electron chi connectivity index (χ4n) is 1.18. The van der Waals surface area contributed by atoms with Crippen LogP contribution in [0.1, 0.15) is 15.9 Å². The number of hydrogen-bond acceptors (Lipinski definition) is 2. The molecular weight excluding hydrogens is 243 g/mol. The van der Waals surface area contributed by atoms with Crippen molar-refractivity contribution in [3.63, 3.8) is 0 Å². The zero-order valence-corrected chi connectivity index (χ0v) is 9.12. The number of halogens is 4. The number of Topliss-reactive ketones (excluding diaryl/α,β-unsaturated/α-hetero) is 1. The number of likely N-dealkylation sites (N-methyl/N-ethyl adjacent to an activating group) is 1. The Balaban J connectivity index is 3.13. The third-order valence-electron chi connectivity index (χ3n) is 1.93. The van der Waals surface area contributed by atoms with Crippen LogP contribution < -0.4 is 5.32 Å². The molecule has 0 heterocycles. The first-order valence-electron chi connectivity index (χ1n) is 4.41. The number of alkyl halides is 3. The summed E-state index contributed by atoms with van der Waals surface area (Å²) < 4.78 is 37.4. The third kappa shape index (κ3) is 2.96. The molecule has 0 saturated heterocycles. The van der Waals surface area contributed by atoms with Gasteiger partial charge in [0.1, 0.15) is 0 Å². The number of benzene rings is 1. The van der Waals surface area contributed by atoms with Gasteiger partial charge in [-0.2, -0.15) is 13.2 Å². The first-order chi connectivity index (χ1) is 7.36. The Bertz CT molecular complexity index is 404. The second kappa shape index (κ2) is 4.84. The highest BCUT2D eigenvalue weighted by Crippen LogP contribution is 2.35. The Labute approximate surface area is 95.4 Å². The van der Waals surface area contributed by atoms with E-state index in [0.29, 0.717) is 0 Å². The topological polar surface area (TPSA) is 29.1 Å². The number of rotatable bonds is 3. The van der Waals surface area contributed by atoms with E-state index in [4.69, 9.17) is 11.6 Å². The van der Waals surface area contributed by atoms with Crippen molar-refractivity contribution in [3.05, 3.63) is 34.3 Å². The summed E-state index contributed by atoms with van der Waals surface area (Å²) in [4.78, 5) is 11.4. The zero-order valence-electron chi connectivity index (χ0n) is 8.36. The van der Waals surface area contributed by atoms with Crippen molar-refractivity contribution in [2.45, 2.75) is 6.18 Å². The summed E-state index contributed by atoms with van der Waals surface area (Å²) in [5.74, 6) is -0.412. The lowest BCUT2D eigenvalue weighted by molar-refractivity contribution is -0.137. The van der Waals surface area contributed by atoms with Crippen molar-refractivity contribution in [1.82, 2.24) is 5.32 Å². The van der Waals surface area contributed by atoms with Gasteiger partial charge in [-0.05, 0) is 25.2 Å². The highest BCUT2D eigenvalue weighted by Gasteiger charge is 2.33. The summed E-state index contributed by atoms with van der Waals surface area (Å²) in [6, 6.07) is 3.12. The van der Waals surface area contributed by atoms with Gasteiger partial charge in [0.05, 0.1) is 17.1 Å². The van der Waals surface area contributed by atoms with E-state index in [2.05, 4.69) is 5.32 Å². The van der Waals surface area contributed by atoms with Crippen molar-refractivity contribution < 1.29 is 18.0 Å². The van der Waals surface area contributed by atoms with Gasteiger partial charge in [-0.1, -0.05) is 11.6 Å². The number of hydrogen-bond donors (Lipinski definition) is 1. The van der Waals surface area contributed by atoms with Crippen LogP contribution in [-0.4, -0.2) is 19.4 Å². The molecule has 1 aromatic rings. The van der Waals surface area contributed by atoms with Crippen LogP contribution in [0, 0.1) is 0 Å². The molecule has 0 aliphatic rings. The maximum absolute atomic E-state index is 12.5. The van der Waals surface area contributed by atoms with E-state index in [1.54, 1.807) is 7.05 Å². The average Bonchev–Trinajstić information content (AvgIpc) is 2.16. The van der Waals surface area contributed by atoms with E-state index in [0.717, 1.165) is 12.1 Å². The number of carbonyl (C=O) groups excluding carboxylic acids is 1. The SMILES string of the molecule is CNCC(=O)c1ccc(Cl)c(C(F)(F)F)c1. The molecule has 0 atom stereocenters. The quantitative estimate of drug-likeness (QED) is 0.837. The summed E-state index contributed by atoms with van der Waals surface area (Å²) in [7, 11) is 1.54. The molecule has 0 amide bonds. The number of carbonyl (C=O) groups is 1. The summed E-state index contributed by atoms with van der Waals surface area (Å²) in [6.45, 7) is -0.0150. The second-order valence-electron chi connectivity index (χ2n) is 3.15. The molecule has 0 radical (unpaired) electrons. The third-order valence-corrected chi connectivity index (χ3v) is 2.26. The van der Waals surface area contributed by atoms with E-state index in [1.807, 2.05) is 0 Å². The monoisotopic (exact) mass is 251 g/mol. The smallest absolute Gasteiger partial charge is 0.313 e. The lowest BCUT2D eigenvalue weighted by Gasteiger charge is -2.10. The molecule has 1 aromatic carbocycles. The van der Waals surface area contributed by atoms with Gasteiger partial charge in [-0.15, -0.1) is 0 Å². The summed E-state index contributed by atoms with van der Waals surface area (Å²) >= 11 is 5.42. The highest BCUT2D eigenvalue weighted by molar-refractivity contribution is 6.31. The molecule has 0 saturated carbocycles. The minimum Gasteiger partial charge on any atom is -0.313 e. The Morgan fingerprint density at radius 2 is 2.06 bits per heavy atom. The van der Waals surface area contributed by atoms with Gasteiger partial charge in [0.25, 0.3) is 0 Å². The van der Waals surface area contributed by atoms with Gasteiger partial charge in [-0.25, -0.2) is 0 Å². The van der Waals surface area contributed by atoms with Crippen molar-refractivity contribution in [1.29, 1.82) is 0 Å². The van der Waals surface area contributed by atoms with Gasteiger partial charge >= 0.3 is 6.18 Å². The lowest BCUT2D eigenvalue weighted by Crippen LogP contribution is -2.19. The van der Waals surface area contributed by atoms with Crippen LogP contribution >= 0.6 is 11.6 Å². The zero-order chi connectivity index (χ0) is 12.3. The van der Waals surface area contributed by atoms with Crippen LogP contribution in [-0.2, 0) is 6.18 Å². The Kier molecular flexibility index (Phi) is 3.93. The Morgan fingerprint density at radius 1 is 1.44 bits per heavy atom. The van der Waals surface area contributed by atoms with Crippen LogP contribution in [0.5, 0.6) is 0 Å². The van der Waals surface area contributed by atoms with Crippen molar-refractivity contribution in [2.24, 2.45) is 0 Å². The lowest BCUT2D eigenvalue weighted by atomic mass is 10.1. The summed E-state index contributed by atoms with van der Waals surface area (Å²) in [6.07, 6.45) is -4.55. The molecule has 1 rings (SSSR count). The Morgan fingerprint density at radius 3 is 2.56 bits per heavy atom. The molecular formula is C10H9ClF3NO. The molecule has 0 spiro atoms. The van der Waals surface area contributed by atoms with Gasteiger partial charge in [-0.3, -0.25) is 4.79 Å². The molecule has 16 heavy (non-hydrogen) atoms. The normalized spacial score (nSPS) is 11.6. The molecule has 0 bridgehead atoms. The molecule has 2 nitrogen and oxygen atoms in total.